The molecule has 1 heterocycles. The molecule has 17 heavy (non-hydrogen) atoms. The van der Waals surface area contributed by atoms with Gasteiger partial charge in [0, 0.05) is 6.07 Å². The molecule has 92 valence electrons. The summed E-state index contributed by atoms with van der Waals surface area (Å²) in [5, 5.41) is 6.87. The lowest BCUT2D eigenvalue weighted by molar-refractivity contribution is -0.109. The predicted octanol–water partition coefficient (Wildman–Crippen LogP) is 2.34. The van der Waals surface area contributed by atoms with E-state index in [1.54, 1.807) is 6.07 Å². The van der Waals surface area contributed by atoms with Crippen LogP contribution in [0.3, 0.4) is 0 Å². The number of anilines is 1. The number of hydrogen-bond donors (Lipinski definition) is 2. The van der Waals surface area contributed by atoms with E-state index in [1.165, 1.54) is 38.5 Å². The van der Waals surface area contributed by atoms with Gasteiger partial charge >= 0.3 is 0 Å². The molecule has 0 amide bonds. The maximum absolute atomic E-state index is 6.21. The minimum absolute atomic E-state index is 0.0797. The van der Waals surface area contributed by atoms with E-state index < -0.39 is 0 Å². The van der Waals surface area contributed by atoms with Crippen molar-refractivity contribution in [2.75, 3.05) is 5.73 Å². The van der Waals surface area contributed by atoms with E-state index in [2.05, 4.69) is 10.2 Å². The Morgan fingerprint density at radius 2 is 1.76 bits per heavy atom. The van der Waals surface area contributed by atoms with Crippen LogP contribution in [0, 0.1) is 17.8 Å². The van der Waals surface area contributed by atoms with Crippen molar-refractivity contribution in [3.8, 4) is 5.88 Å². The van der Waals surface area contributed by atoms with Gasteiger partial charge in [0.2, 0.25) is 5.88 Å². The number of aromatic nitrogens is 2. The van der Waals surface area contributed by atoms with Crippen LogP contribution in [0.15, 0.2) is 6.07 Å². The van der Waals surface area contributed by atoms with Crippen LogP contribution >= 0.6 is 0 Å². The fraction of sp³-hybridized carbons (Fsp3) is 0.769. The van der Waals surface area contributed by atoms with Gasteiger partial charge in [-0.05, 0) is 56.3 Å². The van der Waals surface area contributed by atoms with Gasteiger partial charge in [0.25, 0.3) is 0 Å². The van der Waals surface area contributed by atoms with Gasteiger partial charge in [-0.25, -0.2) is 0 Å². The van der Waals surface area contributed by atoms with E-state index in [-0.39, 0.29) is 5.60 Å². The van der Waals surface area contributed by atoms with Gasteiger partial charge in [0.1, 0.15) is 11.4 Å². The summed E-state index contributed by atoms with van der Waals surface area (Å²) >= 11 is 0. The summed E-state index contributed by atoms with van der Waals surface area (Å²) in [6.45, 7) is 0. The third-order valence-corrected chi connectivity index (χ3v) is 4.88. The smallest absolute Gasteiger partial charge is 0.235 e. The van der Waals surface area contributed by atoms with Gasteiger partial charge in [-0.2, -0.15) is 0 Å². The zero-order valence-electron chi connectivity index (χ0n) is 9.98. The second kappa shape index (κ2) is 3.18. The lowest BCUT2D eigenvalue weighted by atomic mass is 9.54. The molecular formula is C13H19N3O. The number of rotatable bonds is 2. The summed E-state index contributed by atoms with van der Waals surface area (Å²) in [4.78, 5) is 0. The lowest BCUT2D eigenvalue weighted by Crippen LogP contribution is -2.53. The van der Waals surface area contributed by atoms with Gasteiger partial charge in [0.15, 0.2) is 0 Å². The van der Waals surface area contributed by atoms with Crippen molar-refractivity contribution < 1.29 is 4.74 Å². The van der Waals surface area contributed by atoms with Crippen LogP contribution in [0.1, 0.15) is 38.5 Å². The van der Waals surface area contributed by atoms with Crippen LogP contribution in [-0.4, -0.2) is 15.8 Å². The highest BCUT2D eigenvalue weighted by Crippen LogP contribution is 2.56. The molecule has 3 N–H and O–H groups in total. The molecule has 4 saturated carbocycles. The Morgan fingerprint density at radius 3 is 2.24 bits per heavy atom. The summed E-state index contributed by atoms with van der Waals surface area (Å²) in [7, 11) is 0. The number of nitrogens with zero attached hydrogens (tertiary/aromatic N) is 1. The summed E-state index contributed by atoms with van der Waals surface area (Å²) < 4.78 is 6.21. The molecule has 0 saturated heterocycles. The Hall–Kier alpha value is -1.19. The highest BCUT2D eigenvalue weighted by atomic mass is 16.5. The van der Waals surface area contributed by atoms with E-state index in [1.807, 2.05) is 0 Å². The third kappa shape index (κ3) is 1.53. The molecule has 1 aromatic heterocycles. The molecule has 1 aromatic rings. The Morgan fingerprint density at radius 1 is 1.18 bits per heavy atom. The standard InChI is InChI=1S/C13H19N3O/c14-11-4-12(16-15-11)17-13-5-8-1-9(6-13)3-10(2-8)7-13/h4,8-10H,1-3,5-7H2,(H3,14,15,16). The molecule has 4 heteroatoms. The maximum Gasteiger partial charge on any atom is 0.235 e. The van der Waals surface area contributed by atoms with Crippen molar-refractivity contribution in [1.82, 2.24) is 10.2 Å². The first kappa shape index (κ1) is 9.80. The van der Waals surface area contributed by atoms with Crippen molar-refractivity contribution in [3.63, 3.8) is 0 Å². The highest BCUT2D eigenvalue weighted by molar-refractivity contribution is 5.32. The molecule has 4 fully saturated rings. The summed E-state index contributed by atoms with van der Waals surface area (Å²) in [5.74, 6) is 3.97. The molecule has 0 aliphatic heterocycles. The molecule has 4 aliphatic carbocycles. The van der Waals surface area contributed by atoms with Gasteiger partial charge < -0.3 is 10.5 Å². The van der Waals surface area contributed by atoms with Crippen LogP contribution in [0.4, 0.5) is 5.82 Å². The van der Waals surface area contributed by atoms with Gasteiger partial charge in [-0.3, -0.25) is 5.10 Å². The predicted molar refractivity (Wildman–Crippen MR) is 64.5 cm³/mol. The minimum atomic E-state index is 0.0797. The normalized spacial score (nSPS) is 42.9. The lowest BCUT2D eigenvalue weighted by Gasteiger charge is -2.55. The zero-order valence-corrected chi connectivity index (χ0v) is 9.98. The fourth-order valence-corrected chi connectivity index (χ4v) is 4.75. The van der Waals surface area contributed by atoms with Crippen molar-refractivity contribution in [2.24, 2.45) is 17.8 Å². The first-order valence-corrected chi connectivity index (χ1v) is 6.71. The second-order valence-electron chi connectivity index (χ2n) is 6.36. The van der Waals surface area contributed by atoms with Crippen LogP contribution in [-0.2, 0) is 0 Å². The second-order valence-corrected chi connectivity index (χ2v) is 6.36. The molecule has 0 radical (unpaired) electrons. The fourth-order valence-electron chi connectivity index (χ4n) is 4.75. The van der Waals surface area contributed by atoms with Crippen molar-refractivity contribution in [2.45, 2.75) is 44.1 Å². The SMILES string of the molecule is Nc1cc(OC23CC4CC(CC(C4)C2)C3)n[nH]1. The first-order chi connectivity index (χ1) is 8.21. The van der Waals surface area contributed by atoms with Gasteiger partial charge in [-0.15, -0.1) is 5.10 Å². The van der Waals surface area contributed by atoms with Crippen LogP contribution in [0.5, 0.6) is 5.88 Å². The number of nitrogen functional groups attached to an aromatic ring is 1. The summed E-state index contributed by atoms with van der Waals surface area (Å²) in [6.07, 6.45) is 7.99. The molecule has 5 rings (SSSR count). The zero-order chi connectivity index (χ0) is 11.5. The number of nitrogens with one attached hydrogen (secondary N) is 1. The molecule has 0 unspecified atom stereocenters. The highest BCUT2D eigenvalue weighted by Gasteiger charge is 2.52. The molecule has 4 nitrogen and oxygen atoms in total. The quantitative estimate of drug-likeness (QED) is 0.824. The van der Waals surface area contributed by atoms with Crippen LogP contribution in [0.25, 0.3) is 0 Å². The van der Waals surface area contributed by atoms with Gasteiger partial charge in [-0.1, -0.05) is 0 Å². The van der Waals surface area contributed by atoms with Crippen LogP contribution in [0.2, 0.25) is 0 Å². The molecule has 0 atom stereocenters. The van der Waals surface area contributed by atoms with E-state index in [4.69, 9.17) is 10.5 Å². The Labute approximate surface area is 101 Å². The van der Waals surface area contributed by atoms with Crippen molar-refractivity contribution in [1.29, 1.82) is 0 Å². The van der Waals surface area contributed by atoms with E-state index in [0.717, 1.165) is 17.8 Å². The van der Waals surface area contributed by atoms with E-state index >= 15 is 0 Å². The van der Waals surface area contributed by atoms with Gasteiger partial charge in [0.05, 0.1) is 0 Å². The number of aromatic amines is 1. The average molecular weight is 233 g/mol. The maximum atomic E-state index is 6.21. The van der Waals surface area contributed by atoms with Crippen LogP contribution < -0.4 is 10.5 Å². The van der Waals surface area contributed by atoms with E-state index in [0.29, 0.717) is 11.7 Å². The number of ether oxygens (including phenoxy) is 1. The first-order valence-electron chi connectivity index (χ1n) is 6.71. The number of hydrogen-bond acceptors (Lipinski definition) is 3. The van der Waals surface area contributed by atoms with Crippen molar-refractivity contribution in [3.05, 3.63) is 6.07 Å². The molecule has 0 aromatic carbocycles. The minimum Gasteiger partial charge on any atom is -0.470 e. The topological polar surface area (TPSA) is 63.9 Å². The number of nitrogens with two attached hydrogens (primary N) is 1. The van der Waals surface area contributed by atoms with E-state index in [9.17, 15) is 0 Å². The Balaban J connectivity index is 1.60. The Kier molecular flexibility index (Phi) is 1.83. The monoisotopic (exact) mass is 233 g/mol. The molecule has 4 bridgehead atoms. The summed E-state index contributed by atoms with van der Waals surface area (Å²) in [5.41, 5.74) is 5.73. The summed E-state index contributed by atoms with van der Waals surface area (Å²) in [6, 6.07) is 1.80. The third-order valence-electron chi connectivity index (χ3n) is 4.88. The molecular weight excluding hydrogens is 214 g/mol. The number of H-pyrrole nitrogens is 1. The average Bonchev–Trinajstić information content (AvgIpc) is 2.60. The van der Waals surface area contributed by atoms with Crippen molar-refractivity contribution >= 4 is 5.82 Å². The largest absolute Gasteiger partial charge is 0.470 e. The Bertz CT molecular complexity index is 404. The molecule has 0 spiro atoms. The molecule has 4 aliphatic rings.